The number of rotatable bonds is 6. The number of aryl methyl sites for hydroxylation is 1. The van der Waals surface area contributed by atoms with Gasteiger partial charge in [-0.15, -0.1) is 0 Å². The fraction of sp³-hybridized carbons (Fsp3) is 0.211. The Balaban J connectivity index is 2.21. The molecule has 0 aliphatic heterocycles. The zero-order chi connectivity index (χ0) is 17.4. The highest BCUT2D eigenvalue weighted by Gasteiger charge is 2.43. The average Bonchev–Trinajstić information content (AvgIpc) is 2.66. The molecule has 0 fully saturated rings. The van der Waals surface area contributed by atoms with E-state index in [0.717, 1.165) is 17.3 Å². The number of hydrogen-bond donors (Lipinski definition) is 0. The van der Waals surface area contributed by atoms with E-state index < -0.39 is 10.7 Å². The van der Waals surface area contributed by atoms with Crippen molar-refractivity contribution in [2.24, 2.45) is 0 Å². The molecule has 0 aliphatic rings. The first-order chi connectivity index (χ1) is 11.6. The number of esters is 1. The second-order valence-electron chi connectivity index (χ2n) is 5.17. The van der Waals surface area contributed by atoms with Crippen LogP contribution in [0.2, 0.25) is 0 Å². The Hall–Kier alpha value is -2.58. The molecule has 122 valence electrons. The number of thioether (sulfide) groups is 1. The number of carbonyl (C=O) groups is 2. The van der Waals surface area contributed by atoms with Crippen molar-refractivity contribution in [3.05, 3.63) is 71.8 Å². The predicted molar refractivity (Wildman–Crippen MR) is 93.5 cm³/mol. The summed E-state index contributed by atoms with van der Waals surface area (Å²) < 4.78 is 3.24. The van der Waals surface area contributed by atoms with E-state index in [2.05, 4.69) is 0 Å². The summed E-state index contributed by atoms with van der Waals surface area (Å²) in [6.45, 7) is 0. The lowest BCUT2D eigenvalue weighted by Crippen LogP contribution is -2.36. The van der Waals surface area contributed by atoms with E-state index in [9.17, 15) is 14.9 Å². The fourth-order valence-electron chi connectivity index (χ4n) is 2.24. The van der Waals surface area contributed by atoms with Crippen LogP contribution < -0.4 is 0 Å². The minimum absolute atomic E-state index is 0.198. The van der Waals surface area contributed by atoms with Crippen molar-refractivity contribution in [1.29, 1.82) is 5.26 Å². The van der Waals surface area contributed by atoms with Crippen molar-refractivity contribution in [2.45, 2.75) is 17.6 Å². The maximum atomic E-state index is 12.5. The zero-order valence-electron chi connectivity index (χ0n) is 13.3. The number of hydrogen-bond acceptors (Lipinski definition) is 5. The van der Waals surface area contributed by atoms with E-state index in [1.165, 1.54) is 7.11 Å². The molecular formula is C19H17NO3S. The Morgan fingerprint density at radius 3 is 2.21 bits per heavy atom. The molecule has 0 aliphatic carbocycles. The van der Waals surface area contributed by atoms with Gasteiger partial charge in [0.25, 0.3) is 0 Å². The van der Waals surface area contributed by atoms with Crippen LogP contribution in [0.5, 0.6) is 0 Å². The highest BCUT2D eigenvalue weighted by molar-refractivity contribution is 8.16. The average molecular weight is 339 g/mol. The number of benzene rings is 2. The minimum Gasteiger partial charge on any atom is -0.467 e. The molecule has 0 N–H and O–H groups in total. The van der Waals surface area contributed by atoms with E-state index >= 15 is 0 Å². The van der Waals surface area contributed by atoms with Crippen LogP contribution in [-0.4, -0.2) is 22.9 Å². The maximum absolute atomic E-state index is 12.5. The molecule has 0 heterocycles. The summed E-state index contributed by atoms with van der Waals surface area (Å²) in [5.41, 5.74) is 1.44. The molecule has 0 amide bonds. The topological polar surface area (TPSA) is 67.2 Å². The molecule has 0 saturated carbocycles. The van der Waals surface area contributed by atoms with E-state index in [1.54, 1.807) is 30.3 Å². The van der Waals surface area contributed by atoms with Gasteiger partial charge in [-0.3, -0.25) is 4.79 Å². The van der Waals surface area contributed by atoms with E-state index in [0.29, 0.717) is 12.0 Å². The molecule has 0 unspecified atom stereocenters. The molecule has 2 aromatic carbocycles. The van der Waals surface area contributed by atoms with Crippen molar-refractivity contribution in [3.8, 4) is 6.07 Å². The van der Waals surface area contributed by atoms with Crippen molar-refractivity contribution in [3.63, 3.8) is 0 Å². The lowest BCUT2D eigenvalue weighted by atomic mass is 10.00. The number of carbonyl (C=O) groups excluding carboxylic acids is 2. The number of methoxy groups -OCH3 is 1. The monoisotopic (exact) mass is 339 g/mol. The number of ether oxygens (including phenoxy) is 1. The quantitative estimate of drug-likeness (QED) is 0.752. The second-order valence-corrected chi connectivity index (χ2v) is 6.44. The van der Waals surface area contributed by atoms with Gasteiger partial charge in [0, 0.05) is 5.56 Å². The molecule has 24 heavy (non-hydrogen) atoms. The van der Waals surface area contributed by atoms with Gasteiger partial charge >= 0.3 is 5.97 Å². The fourth-order valence-corrected chi connectivity index (χ4v) is 3.23. The van der Waals surface area contributed by atoms with Crippen LogP contribution in [0.4, 0.5) is 0 Å². The Morgan fingerprint density at radius 1 is 1.08 bits per heavy atom. The van der Waals surface area contributed by atoms with Gasteiger partial charge in [-0.05, 0) is 30.2 Å². The first-order valence-corrected chi connectivity index (χ1v) is 8.25. The second kappa shape index (κ2) is 8.32. The maximum Gasteiger partial charge on any atom is 0.337 e. The lowest BCUT2D eigenvalue weighted by Gasteiger charge is -2.22. The molecule has 5 heteroatoms. The summed E-state index contributed by atoms with van der Waals surface area (Å²) >= 11 is 0.723. The summed E-state index contributed by atoms with van der Waals surface area (Å²) in [6.07, 6.45) is 0.696. The first kappa shape index (κ1) is 17.8. The van der Waals surface area contributed by atoms with Crippen LogP contribution in [0.1, 0.15) is 22.3 Å². The summed E-state index contributed by atoms with van der Waals surface area (Å²) in [6, 6.07) is 20.1. The lowest BCUT2D eigenvalue weighted by molar-refractivity contribution is -0.142. The molecule has 2 rings (SSSR count). The van der Waals surface area contributed by atoms with Gasteiger partial charge in [0.05, 0.1) is 13.2 Å². The van der Waals surface area contributed by atoms with Gasteiger partial charge in [0.15, 0.2) is 0 Å². The van der Waals surface area contributed by atoms with Gasteiger partial charge < -0.3 is 4.74 Å². The molecule has 1 atom stereocenters. The smallest absolute Gasteiger partial charge is 0.337 e. The Morgan fingerprint density at radius 2 is 1.67 bits per heavy atom. The zero-order valence-corrected chi connectivity index (χ0v) is 14.1. The van der Waals surface area contributed by atoms with Crippen molar-refractivity contribution >= 4 is 22.8 Å². The van der Waals surface area contributed by atoms with Crippen molar-refractivity contribution in [2.75, 3.05) is 7.11 Å². The highest BCUT2D eigenvalue weighted by Crippen LogP contribution is 2.34. The van der Waals surface area contributed by atoms with Crippen molar-refractivity contribution < 1.29 is 14.3 Å². The van der Waals surface area contributed by atoms with Crippen LogP contribution >= 0.6 is 11.8 Å². The normalized spacial score (nSPS) is 12.7. The predicted octanol–water partition coefficient (Wildman–Crippen LogP) is 3.63. The molecule has 0 radical (unpaired) electrons. The summed E-state index contributed by atoms with van der Waals surface area (Å²) in [7, 11) is 1.23. The third-order valence-electron chi connectivity index (χ3n) is 3.58. The van der Waals surface area contributed by atoms with Gasteiger partial charge in [-0.25, -0.2) is 4.79 Å². The molecule has 0 saturated heterocycles. The van der Waals surface area contributed by atoms with Crippen LogP contribution in [0, 0.1) is 11.3 Å². The SMILES string of the molecule is COC(=O)[C@](C#N)(CCc1ccccc1)SC(=O)c1ccccc1. The van der Waals surface area contributed by atoms with E-state index in [4.69, 9.17) is 4.74 Å². The van der Waals surface area contributed by atoms with E-state index in [-0.39, 0.29) is 11.5 Å². The van der Waals surface area contributed by atoms with Crippen LogP contribution in [0.25, 0.3) is 0 Å². The van der Waals surface area contributed by atoms with Crippen LogP contribution in [0.15, 0.2) is 60.7 Å². The van der Waals surface area contributed by atoms with Gasteiger partial charge in [0.2, 0.25) is 9.86 Å². The van der Waals surface area contributed by atoms with Crippen molar-refractivity contribution in [1.82, 2.24) is 0 Å². The largest absolute Gasteiger partial charge is 0.467 e. The third-order valence-corrected chi connectivity index (χ3v) is 4.81. The summed E-state index contributed by atoms with van der Waals surface area (Å²) in [4.78, 5) is 24.7. The van der Waals surface area contributed by atoms with E-state index in [1.807, 2.05) is 36.4 Å². The number of nitriles is 1. The van der Waals surface area contributed by atoms with Gasteiger partial charge in [-0.1, -0.05) is 60.7 Å². The molecule has 4 nitrogen and oxygen atoms in total. The van der Waals surface area contributed by atoms with Gasteiger partial charge in [0.1, 0.15) is 0 Å². The first-order valence-electron chi connectivity index (χ1n) is 7.43. The van der Waals surface area contributed by atoms with Gasteiger partial charge in [-0.2, -0.15) is 5.26 Å². The van der Waals surface area contributed by atoms with Crippen LogP contribution in [-0.2, 0) is 16.0 Å². The molecule has 0 aromatic heterocycles. The molecule has 2 aromatic rings. The summed E-state index contributed by atoms with van der Waals surface area (Å²) in [5, 5.41) is 9.30. The highest BCUT2D eigenvalue weighted by atomic mass is 32.2. The standard InChI is InChI=1S/C19H17NO3S/c1-23-18(22)19(14-20,13-12-15-8-4-2-5-9-15)24-17(21)16-10-6-3-7-11-16/h2-11H,12-13H2,1H3/t19-/m1/s1. The number of nitrogens with zero attached hydrogens (tertiary/aromatic N) is 1. The Labute approximate surface area is 145 Å². The molecule has 0 bridgehead atoms. The minimum atomic E-state index is -1.56. The van der Waals surface area contributed by atoms with Crippen LogP contribution in [0.3, 0.4) is 0 Å². The molecular weight excluding hydrogens is 322 g/mol. The Bertz CT molecular complexity index is 740. The Kier molecular flexibility index (Phi) is 6.16. The third kappa shape index (κ3) is 4.24. The molecule has 0 spiro atoms. The summed E-state index contributed by atoms with van der Waals surface area (Å²) in [5.74, 6) is -0.699.